The largest absolute Gasteiger partial charge is 0.496 e. The number of nitrogens with zero attached hydrogens (tertiary/aromatic N) is 5. The summed E-state index contributed by atoms with van der Waals surface area (Å²) in [4.78, 5) is 13.5. The van der Waals surface area contributed by atoms with Gasteiger partial charge in [-0.1, -0.05) is 0 Å². The highest BCUT2D eigenvalue weighted by Crippen LogP contribution is 2.38. The molecule has 1 aromatic carbocycles. The molecule has 5 heterocycles. The molecule has 1 fully saturated rings. The molecule has 6 rings (SSSR count). The molecule has 0 bridgehead atoms. The number of ether oxygens (including phenoxy) is 3. The number of thiazole rings is 1. The van der Waals surface area contributed by atoms with E-state index < -0.39 is 5.60 Å². The second-order valence-electron chi connectivity index (χ2n) is 8.49. The fraction of sp³-hybridized carbons (Fsp3) is 0.333. The van der Waals surface area contributed by atoms with Gasteiger partial charge in [0.05, 0.1) is 36.3 Å². The first-order valence-corrected chi connectivity index (χ1v) is 12.1. The third kappa shape index (κ3) is 4.11. The highest BCUT2D eigenvalue weighted by Gasteiger charge is 2.34. The van der Waals surface area contributed by atoms with Crippen molar-refractivity contribution in [2.45, 2.75) is 32.0 Å². The Kier molecular flexibility index (Phi) is 5.39. The highest BCUT2D eigenvalue weighted by atomic mass is 32.1. The number of aliphatic hydroxyl groups is 1. The molecule has 0 saturated carbocycles. The second kappa shape index (κ2) is 8.59. The number of hydrogen-bond acceptors (Lipinski definition) is 10. The molecule has 4 aromatic heterocycles. The van der Waals surface area contributed by atoms with Crippen molar-refractivity contribution in [1.82, 2.24) is 24.6 Å². The van der Waals surface area contributed by atoms with Gasteiger partial charge in [0.25, 0.3) is 5.78 Å². The number of rotatable bonds is 6. The van der Waals surface area contributed by atoms with Crippen LogP contribution in [-0.2, 0) is 16.9 Å². The fourth-order valence-corrected chi connectivity index (χ4v) is 5.06. The minimum atomic E-state index is -0.930. The monoisotopic (exact) mass is 493 g/mol. The summed E-state index contributed by atoms with van der Waals surface area (Å²) < 4.78 is 24.7. The van der Waals surface area contributed by atoms with Crippen LogP contribution in [0.1, 0.15) is 29.2 Å². The molecule has 11 heteroatoms. The first-order valence-electron chi connectivity index (χ1n) is 11.2. The lowest BCUT2D eigenvalue weighted by molar-refractivity contribution is -0.0681. The summed E-state index contributed by atoms with van der Waals surface area (Å²) in [6.45, 7) is 3.18. The molecule has 180 valence electrons. The van der Waals surface area contributed by atoms with Crippen molar-refractivity contribution >= 4 is 28.1 Å². The van der Waals surface area contributed by atoms with Crippen molar-refractivity contribution in [3.05, 3.63) is 52.4 Å². The van der Waals surface area contributed by atoms with E-state index in [-0.39, 0.29) is 6.61 Å². The molecular formula is C24H23N5O5S. The normalized spacial score (nSPS) is 15.6. The van der Waals surface area contributed by atoms with Crippen molar-refractivity contribution in [1.29, 1.82) is 0 Å². The van der Waals surface area contributed by atoms with Crippen LogP contribution in [0.4, 0.5) is 0 Å². The Labute approximate surface area is 204 Å². The molecule has 5 aromatic rings. The minimum absolute atomic E-state index is 0.243. The lowest BCUT2D eigenvalue weighted by Crippen LogP contribution is -2.33. The van der Waals surface area contributed by atoms with Crippen LogP contribution in [0.15, 0.2) is 40.4 Å². The van der Waals surface area contributed by atoms with Crippen LogP contribution < -0.4 is 9.47 Å². The Morgan fingerprint density at radius 1 is 1.20 bits per heavy atom. The van der Waals surface area contributed by atoms with E-state index in [1.54, 1.807) is 24.0 Å². The molecular weight excluding hydrogens is 470 g/mol. The molecule has 0 atom stereocenters. The van der Waals surface area contributed by atoms with Gasteiger partial charge in [0, 0.05) is 43.6 Å². The van der Waals surface area contributed by atoms with Gasteiger partial charge in [-0.05, 0) is 13.0 Å². The maximum atomic E-state index is 10.9. The molecule has 1 aliphatic rings. The van der Waals surface area contributed by atoms with E-state index in [4.69, 9.17) is 18.6 Å². The molecule has 0 spiro atoms. The summed E-state index contributed by atoms with van der Waals surface area (Å²) in [5.41, 5.74) is 1.84. The van der Waals surface area contributed by atoms with E-state index >= 15 is 0 Å². The summed E-state index contributed by atoms with van der Waals surface area (Å²) in [5.74, 6) is 2.27. The zero-order valence-corrected chi connectivity index (χ0v) is 20.0. The standard InChI is InChI=1S/C24H23N5O5S/c1-14-10-25-23-27-18(11-29(23)28-14)21-9-17-19(7-16(31-2)8-20(17)34-21)33-12-15-13-35-22(26-15)24(30)3-5-32-6-4-24/h7-11,13,30H,3-6,12H2,1-2H3. The summed E-state index contributed by atoms with van der Waals surface area (Å²) in [5, 5.41) is 18.7. The van der Waals surface area contributed by atoms with E-state index in [0.29, 0.717) is 65.4 Å². The molecule has 1 saturated heterocycles. The second-order valence-corrected chi connectivity index (χ2v) is 9.35. The number of hydrogen-bond donors (Lipinski definition) is 1. The zero-order valence-electron chi connectivity index (χ0n) is 19.2. The van der Waals surface area contributed by atoms with E-state index in [0.717, 1.165) is 16.8 Å². The number of methoxy groups -OCH3 is 1. The van der Waals surface area contributed by atoms with E-state index in [1.807, 2.05) is 30.5 Å². The van der Waals surface area contributed by atoms with Gasteiger partial charge in [0.15, 0.2) is 5.76 Å². The molecule has 0 amide bonds. The molecule has 1 N–H and O–H groups in total. The van der Waals surface area contributed by atoms with Gasteiger partial charge in [-0.3, -0.25) is 0 Å². The number of aromatic nitrogens is 5. The van der Waals surface area contributed by atoms with Crippen molar-refractivity contribution in [3.63, 3.8) is 0 Å². The number of benzene rings is 1. The summed E-state index contributed by atoms with van der Waals surface area (Å²) in [6.07, 6.45) is 4.54. The Morgan fingerprint density at radius 2 is 2.06 bits per heavy atom. The average molecular weight is 494 g/mol. The van der Waals surface area contributed by atoms with Gasteiger partial charge in [-0.2, -0.15) is 5.10 Å². The third-order valence-electron chi connectivity index (χ3n) is 6.01. The third-order valence-corrected chi connectivity index (χ3v) is 7.09. The summed E-state index contributed by atoms with van der Waals surface area (Å²) in [7, 11) is 1.60. The number of imidazole rings is 1. The average Bonchev–Trinajstić information content (AvgIpc) is 3.60. The lowest BCUT2D eigenvalue weighted by Gasteiger charge is -2.29. The predicted molar refractivity (Wildman–Crippen MR) is 128 cm³/mol. The molecule has 1 aliphatic heterocycles. The van der Waals surface area contributed by atoms with Crippen LogP contribution in [0, 0.1) is 6.92 Å². The van der Waals surface area contributed by atoms with Crippen LogP contribution >= 0.6 is 11.3 Å². The van der Waals surface area contributed by atoms with Crippen molar-refractivity contribution in [3.8, 4) is 23.0 Å². The van der Waals surface area contributed by atoms with Gasteiger partial charge < -0.3 is 23.7 Å². The predicted octanol–water partition coefficient (Wildman–Crippen LogP) is 3.89. The molecule has 0 aliphatic carbocycles. The smallest absolute Gasteiger partial charge is 0.251 e. The Morgan fingerprint density at radius 3 is 2.89 bits per heavy atom. The van der Waals surface area contributed by atoms with Crippen LogP contribution in [-0.4, -0.2) is 50.0 Å². The quantitative estimate of drug-likeness (QED) is 0.376. The van der Waals surface area contributed by atoms with Crippen molar-refractivity contribution in [2.24, 2.45) is 0 Å². The Balaban J connectivity index is 1.29. The van der Waals surface area contributed by atoms with Gasteiger partial charge >= 0.3 is 0 Å². The number of aryl methyl sites for hydroxylation is 1. The molecule has 0 unspecified atom stereocenters. The zero-order chi connectivity index (χ0) is 24.0. The summed E-state index contributed by atoms with van der Waals surface area (Å²) in [6, 6.07) is 5.51. The number of fused-ring (bicyclic) bond motifs is 2. The highest BCUT2D eigenvalue weighted by molar-refractivity contribution is 7.09. The van der Waals surface area contributed by atoms with Crippen LogP contribution in [0.5, 0.6) is 11.5 Å². The minimum Gasteiger partial charge on any atom is -0.496 e. The van der Waals surface area contributed by atoms with Crippen molar-refractivity contribution in [2.75, 3.05) is 20.3 Å². The molecule has 0 radical (unpaired) electrons. The number of furan rings is 1. The van der Waals surface area contributed by atoms with Crippen LogP contribution in [0.3, 0.4) is 0 Å². The maximum Gasteiger partial charge on any atom is 0.251 e. The fourth-order valence-electron chi connectivity index (χ4n) is 4.10. The van der Waals surface area contributed by atoms with Crippen LogP contribution in [0.25, 0.3) is 28.2 Å². The van der Waals surface area contributed by atoms with Crippen molar-refractivity contribution < 1.29 is 23.7 Å². The molecule has 10 nitrogen and oxygen atoms in total. The lowest BCUT2D eigenvalue weighted by atomic mass is 9.95. The van der Waals surface area contributed by atoms with Gasteiger partial charge in [0.2, 0.25) is 0 Å². The topological polar surface area (TPSA) is 117 Å². The Hall–Kier alpha value is -3.54. The van der Waals surface area contributed by atoms with Gasteiger partial charge in [-0.15, -0.1) is 11.3 Å². The van der Waals surface area contributed by atoms with E-state index in [1.165, 1.54) is 11.3 Å². The SMILES string of the molecule is COc1cc(OCc2csc(C3(O)CCOCC3)n2)c2cc(-c3cn4nc(C)cnc4n3)oc2c1. The maximum absolute atomic E-state index is 10.9. The van der Waals surface area contributed by atoms with Crippen LogP contribution in [0.2, 0.25) is 0 Å². The van der Waals surface area contributed by atoms with E-state index in [2.05, 4.69) is 20.1 Å². The first-order chi connectivity index (χ1) is 17.0. The molecule has 35 heavy (non-hydrogen) atoms. The first kappa shape index (κ1) is 22.0. The summed E-state index contributed by atoms with van der Waals surface area (Å²) >= 11 is 1.44. The van der Waals surface area contributed by atoms with Gasteiger partial charge in [0.1, 0.15) is 40.0 Å². The van der Waals surface area contributed by atoms with E-state index in [9.17, 15) is 5.11 Å². The Bertz CT molecular complexity index is 1520. The van der Waals surface area contributed by atoms with Gasteiger partial charge in [-0.25, -0.2) is 19.5 Å².